The predicted octanol–water partition coefficient (Wildman–Crippen LogP) is 1.84. The van der Waals surface area contributed by atoms with Gasteiger partial charge in [-0.15, -0.1) is 6.58 Å². The van der Waals surface area contributed by atoms with Gasteiger partial charge in [0.15, 0.2) is 0 Å². The van der Waals surface area contributed by atoms with Gasteiger partial charge in [0.25, 0.3) is 5.91 Å². The summed E-state index contributed by atoms with van der Waals surface area (Å²) in [7, 11) is 0. The molecule has 1 amide bonds. The second kappa shape index (κ2) is 5.84. The fourth-order valence-corrected chi connectivity index (χ4v) is 1.38. The van der Waals surface area contributed by atoms with Crippen LogP contribution in [0.3, 0.4) is 0 Å². The zero-order valence-electron chi connectivity index (χ0n) is 9.64. The molecule has 0 saturated carbocycles. The number of carbonyl (C=O) groups excluding carboxylic acids is 1. The number of carboxylic acids is 1. The summed E-state index contributed by atoms with van der Waals surface area (Å²) >= 11 is 0. The van der Waals surface area contributed by atoms with Crippen molar-refractivity contribution in [2.24, 2.45) is 0 Å². The van der Waals surface area contributed by atoms with Crippen LogP contribution in [-0.2, 0) is 4.79 Å². The standard InChI is InChI=1S/C13H15NO3/c1-9(2)8-11(13(16)17)14-12(15)10-6-4-3-5-7-10/h3-7,11H,1,8H2,2H3,(H,14,15)(H,16,17)/t11-/m0/s1. The lowest BCUT2D eigenvalue weighted by Gasteiger charge is -2.14. The van der Waals surface area contributed by atoms with Crippen LogP contribution in [0.4, 0.5) is 0 Å². The third-order valence-corrected chi connectivity index (χ3v) is 2.19. The Morgan fingerprint density at radius 3 is 2.41 bits per heavy atom. The number of carboxylic acid groups (broad SMARTS) is 1. The summed E-state index contributed by atoms with van der Waals surface area (Å²) in [5, 5.41) is 11.4. The van der Waals surface area contributed by atoms with Crippen LogP contribution < -0.4 is 5.32 Å². The van der Waals surface area contributed by atoms with E-state index < -0.39 is 12.0 Å². The van der Waals surface area contributed by atoms with Gasteiger partial charge in [-0.3, -0.25) is 4.79 Å². The summed E-state index contributed by atoms with van der Waals surface area (Å²) in [6.45, 7) is 5.37. The molecule has 0 aliphatic rings. The Hall–Kier alpha value is -2.10. The summed E-state index contributed by atoms with van der Waals surface area (Å²) in [6, 6.07) is 7.58. The van der Waals surface area contributed by atoms with Crippen molar-refractivity contribution in [1.82, 2.24) is 5.32 Å². The van der Waals surface area contributed by atoms with E-state index in [-0.39, 0.29) is 12.3 Å². The zero-order chi connectivity index (χ0) is 12.8. The van der Waals surface area contributed by atoms with E-state index in [4.69, 9.17) is 5.11 Å². The second-order valence-electron chi connectivity index (χ2n) is 3.89. The molecular weight excluding hydrogens is 218 g/mol. The van der Waals surface area contributed by atoms with Crippen LogP contribution in [0, 0.1) is 0 Å². The smallest absolute Gasteiger partial charge is 0.326 e. The highest BCUT2D eigenvalue weighted by Gasteiger charge is 2.20. The number of carbonyl (C=O) groups is 2. The largest absolute Gasteiger partial charge is 0.480 e. The fraction of sp³-hybridized carbons (Fsp3) is 0.231. The number of hydrogen-bond donors (Lipinski definition) is 2. The summed E-state index contributed by atoms with van der Waals surface area (Å²) in [5.41, 5.74) is 1.16. The molecule has 4 nitrogen and oxygen atoms in total. The molecule has 90 valence electrons. The first-order valence-electron chi connectivity index (χ1n) is 5.24. The van der Waals surface area contributed by atoms with E-state index in [2.05, 4.69) is 11.9 Å². The van der Waals surface area contributed by atoms with Crippen LogP contribution in [0.5, 0.6) is 0 Å². The lowest BCUT2D eigenvalue weighted by molar-refractivity contribution is -0.139. The first kappa shape index (κ1) is 13.0. The summed E-state index contributed by atoms with van der Waals surface area (Å²) in [4.78, 5) is 22.7. The molecule has 4 heteroatoms. The van der Waals surface area contributed by atoms with Crippen molar-refractivity contribution >= 4 is 11.9 Å². The van der Waals surface area contributed by atoms with Gasteiger partial charge in [0, 0.05) is 5.56 Å². The second-order valence-corrected chi connectivity index (χ2v) is 3.89. The highest BCUT2D eigenvalue weighted by Crippen LogP contribution is 2.05. The summed E-state index contributed by atoms with van der Waals surface area (Å²) < 4.78 is 0. The molecule has 0 radical (unpaired) electrons. The lowest BCUT2D eigenvalue weighted by Crippen LogP contribution is -2.40. The maximum Gasteiger partial charge on any atom is 0.326 e. The molecule has 0 heterocycles. The Kier molecular flexibility index (Phi) is 4.46. The quantitative estimate of drug-likeness (QED) is 0.762. The molecule has 1 aromatic carbocycles. The molecule has 0 aromatic heterocycles. The number of benzene rings is 1. The molecular formula is C13H15NO3. The maximum absolute atomic E-state index is 11.7. The summed E-state index contributed by atoms with van der Waals surface area (Å²) in [6.07, 6.45) is 0.230. The Morgan fingerprint density at radius 2 is 1.94 bits per heavy atom. The van der Waals surface area contributed by atoms with Crippen molar-refractivity contribution in [1.29, 1.82) is 0 Å². The van der Waals surface area contributed by atoms with Gasteiger partial charge in [0.2, 0.25) is 0 Å². The molecule has 0 aliphatic carbocycles. The highest BCUT2D eigenvalue weighted by atomic mass is 16.4. The minimum absolute atomic E-state index is 0.230. The number of hydrogen-bond acceptors (Lipinski definition) is 2. The molecule has 0 spiro atoms. The van der Waals surface area contributed by atoms with Gasteiger partial charge < -0.3 is 10.4 Å². The average molecular weight is 233 g/mol. The van der Waals surface area contributed by atoms with Gasteiger partial charge in [0.1, 0.15) is 6.04 Å². The van der Waals surface area contributed by atoms with E-state index in [9.17, 15) is 9.59 Å². The van der Waals surface area contributed by atoms with E-state index in [0.29, 0.717) is 11.1 Å². The van der Waals surface area contributed by atoms with E-state index in [1.54, 1.807) is 37.3 Å². The molecule has 1 aromatic rings. The number of amides is 1. The Labute approximate surface area is 100.0 Å². The Bertz CT molecular complexity index is 426. The van der Waals surface area contributed by atoms with Crippen LogP contribution in [0.1, 0.15) is 23.7 Å². The Morgan fingerprint density at radius 1 is 1.35 bits per heavy atom. The first-order chi connectivity index (χ1) is 8.00. The topological polar surface area (TPSA) is 66.4 Å². The molecule has 0 saturated heterocycles. The third kappa shape index (κ3) is 4.10. The van der Waals surface area contributed by atoms with E-state index in [0.717, 1.165) is 0 Å². The normalized spacial score (nSPS) is 11.6. The molecule has 1 atom stereocenters. The maximum atomic E-state index is 11.7. The first-order valence-corrected chi connectivity index (χ1v) is 5.24. The van der Waals surface area contributed by atoms with Crippen LogP contribution in [0.2, 0.25) is 0 Å². The molecule has 2 N–H and O–H groups in total. The lowest BCUT2D eigenvalue weighted by atomic mass is 10.1. The average Bonchev–Trinajstić information content (AvgIpc) is 2.28. The molecule has 0 unspecified atom stereocenters. The van der Waals surface area contributed by atoms with Crippen LogP contribution >= 0.6 is 0 Å². The van der Waals surface area contributed by atoms with Gasteiger partial charge in [-0.1, -0.05) is 23.8 Å². The third-order valence-electron chi connectivity index (χ3n) is 2.19. The van der Waals surface area contributed by atoms with E-state index in [1.165, 1.54) is 0 Å². The van der Waals surface area contributed by atoms with Gasteiger partial charge in [0.05, 0.1) is 0 Å². The van der Waals surface area contributed by atoms with Gasteiger partial charge in [-0.05, 0) is 25.5 Å². The molecule has 1 rings (SSSR count). The number of aliphatic carboxylic acids is 1. The monoisotopic (exact) mass is 233 g/mol. The van der Waals surface area contributed by atoms with Crippen LogP contribution in [0.25, 0.3) is 0 Å². The van der Waals surface area contributed by atoms with E-state index in [1.807, 2.05) is 0 Å². The van der Waals surface area contributed by atoms with Gasteiger partial charge in [-0.25, -0.2) is 4.79 Å². The van der Waals surface area contributed by atoms with Crippen LogP contribution in [-0.4, -0.2) is 23.0 Å². The van der Waals surface area contributed by atoms with Crippen molar-refractivity contribution in [2.45, 2.75) is 19.4 Å². The summed E-state index contributed by atoms with van der Waals surface area (Å²) in [5.74, 6) is -1.45. The van der Waals surface area contributed by atoms with Crippen molar-refractivity contribution in [3.8, 4) is 0 Å². The molecule has 0 bridgehead atoms. The van der Waals surface area contributed by atoms with Crippen molar-refractivity contribution in [2.75, 3.05) is 0 Å². The van der Waals surface area contributed by atoms with Gasteiger partial charge >= 0.3 is 5.97 Å². The number of rotatable bonds is 5. The zero-order valence-corrected chi connectivity index (χ0v) is 9.64. The molecule has 0 fully saturated rings. The van der Waals surface area contributed by atoms with Crippen molar-refractivity contribution in [3.05, 3.63) is 48.0 Å². The van der Waals surface area contributed by atoms with Gasteiger partial charge in [-0.2, -0.15) is 0 Å². The molecule has 17 heavy (non-hydrogen) atoms. The minimum Gasteiger partial charge on any atom is -0.480 e. The minimum atomic E-state index is -1.06. The molecule has 0 aliphatic heterocycles. The predicted molar refractivity (Wildman–Crippen MR) is 64.8 cm³/mol. The van der Waals surface area contributed by atoms with Crippen LogP contribution in [0.15, 0.2) is 42.5 Å². The highest BCUT2D eigenvalue weighted by molar-refractivity contribution is 5.96. The van der Waals surface area contributed by atoms with E-state index >= 15 is 0 Å². The SMILES string of the molecule is C=C(C)C[C@H](NC(=O)c1ccccc1)C(=O)O. The van der Waals surface area contributed by atoms with Crippen molar-refractivity contribution in [3.63, 3.8) is 0 Å². The Balaban J connectivity index is 2.71. The fourth-order valence-electron chi connectivity index (χ4n) is 1.38. The number of nitrogens with one attached hydrogen (secondary N) is 1. The van der Waals surface area contributed by atoms with Crippen molar-refractivity contribution < 1.29 is 14.7 Å².